The van der Waals surface area contributed by atoms with E-state index in [0.717, 1.165) is 45.9 Å². The minimum Gasteiger partial charge on any atom is -0.508 e. The number of carbonyl (C=O) groups is 2. The average molecular weight is 506 g/mol. The number of carbonyl (C=O) groups excluding carboxylic acids is 2. The molecular weight excluding hydrogens is 471 g/mol. The molecule has 4 nitrogen and oxygen atoms in total. The van der Waals surface area contributed by atoms with Gasteiger partial charge in [0.25, 0.3) is 0 Å². The normalized spacial score (nSPS) is 13.6. The maximum Gasteiger partial charge on any atom is 0.343 e. The summed E-state index contributed by atoms with van der Waals surface area (Å²) in [6, 6.07) is 22.7. The Morgan fingerprint density at radius 1 is 0.842 bits per heavy atom. The number of ketones is 1. The minimum atomic E-state index is -0.421. The quantitative estimate of drug-likeness (QED) is 0.120. The Bertz CT molecular complexity index is 1520. The lowest BCUT2D eigenvalue weighted by molar-refractivity contribution is 0.0733. The molecule has 2 unspecified atom stereocenters. The molecule has 2 atom stereocenters. The van der Waals surface area contributed by atoms with Crippen LogP contribution in [0.3, 0.4) is 0 Å². The van der Waals surface area contributed by atoms with Crippen molar-refractivity contribution < 1.29 is 19.4 Å². The van der Waals surface area contributed by atoms with Crippen molar-refractivity contribution in [1.82, 2.24) is 0 Å². The van der Waals surface area contributed by atoms with E-state index >= 15 is 0 Å². The molecule has 38 heavy (non-hydrogen) atoms. The van der Waals surface area contributed by atoms with E-state index in [0.29, 0.717) is 22.6 Å². The molecule has 4 rings (SSSR count). The number of phenolic OH excluding ortho intramolecular Hbond substituents is 1. The fourth-order valence-electron chi connectivity index (χ4n) is 4.84. The molecule has 0 aromatic heterocycles. The first-order valence-corrected chi connectivity index (χ1v) is 13.3. The summed E-state index contributed by atoms with van der Waals surface area (Å²) in [5.41, 5.74) is 4.87. The summed E-state index contributed by atoms with van der Waals surface area (Å²) in [5, 5.41) is 11.8. The number of rotatable bonds is 8. The zero-order valence-electron chi connectivity index (χ0n) is 23.1. The first-order valence-electron chi connectivity index (χ1n) is 13.3. The van der Waals surface area contributed by atoms with Gasteiger partial charge in [-0.2, -0.15) is 0 Å². The maximum atomic E-state index is 13.0. The minimum absolute atomic E-state index is 0.0169. The van der Waals surface area contributed by atoms with Gasteiger partial charge >= 0.3 is 5.97 Å². The van der Waals surface area contributed by atoms with Crippen molar-refractivity contribution in [1.29, 1.82) is 0 Å². The third-order valence-corrected chi connectivity index (χ3v) is 7.98. The number of hydrogen-bond acceptors (Lipinski definition) is 4. The summed E-state index contributed by atoms with van der Waals surface area (Å²) < 4.78 is 5.80. The summed E-state index contributed by atoms with van der Waals surface area (Å²) >= 11 is 0. The molecule has 0 radical (unpaired) electrons. The molecule has 0 saturated heterocycles. The van der Waals surface area contributed by atoms with E-state index < -0.39 is 5.97 Å². The van der Waals surface area contributed by atoms with Crippen LogP contribution in [0.25, 0.3) is 10.8 Å². The van der Waals surface area contributed by atoms with Crippen LogP contribution in [-0.2, 0) is 5.41 Å². The van der Waals surface area contributed by atoms with E-state index in [2.05, 4.69) is 19.9 Å². The van der Waals surface area contributed by atoms with E-state index in [1.807, 2.05) is 77.1 Å². The number of benzene rings is 4. The van der Waals surface area contributed by atoms with Crippen LogP contribution in [0, 0.1) is 13.8 Å². The van der Waals surface area contributed by atoms with Crippen molar-refractivity contribution in [2.45, 2.75) is 58.7 Å². The van der Waals surface area contributed by atoms with Crippen LogP contribution in [0.5, 0.6) is 11.5 Å². The average Bonchev–Trinajstić information content (AvgIpc) is 2.93. The monoisotopic (exact) mass is 506 g/mol. The van der Waals surface area contributed by atoms with Gasteiger partial charge in [-0.3, -0.25) is 4.79 Å². The molecule has 0 aliphatic carbocycles. The van der Waals surface area contributed by atoms with Crippen molar-refractivity contribution in [2.75, 3.05) is 0 Å². The summed E-state index contributed by atoms with van der Waals surface area (Å²) in [4.78, 5) is 25.6. The topological polar surface area (TPSA) is 63.6 Å². The van der Waals surface area contributed by atoms with E-state index in [-0.39, 0.29) is 17.0 Å². The molecule has 1 N–H and O–H groups in total. The second-order valence-corrected chi connectivity index (χ2v) is 10.5. The van der Waals surface area contributed by atoms with Crippen LogP contribution in [0.15, 0.2) is 72.8 Å². The molecule has 0 amide bonds. The van der Waals surface area contributed by atoms with Gasteiger partial charge in [0.2, 0.25) is 0 Å². The second-order valence-electron chi connectivity index (χ2n) is 10.5. The zero-order valence-corrected chi connectivity index (χ0v) is 23.1. The molecule has 194 valence electrons. The molecule has 4 aromatic rings. The predicted octanol–water partition coefficient (Wildman–Crippen LogP) is 7.11. The standard InChI is InChI=1S/C33H35BO4/c1-6-28(34)31(36)24-10-8-23-19-25(11-9-22(23)18-24)32(37)38-30-15-13-27(17-21(30)4)33(5,7-2)26-12-14-29(35)20(3)16-26/h8-19,28,35H,6-7,34H2,1-5H3. The first-order chi connectivity index (χ1) is 18.1. The molecular formula is C33H35BO4. The highest BCUT2D eigenvalue weighted by Crippen LogP contribution is 2.38. The lowest BCUT2D eigenvalue weighted by atomic mass is 9.73. The maximum absolute atomic E-state index is 13.0. The van der Waals surface area contributed by atoms with Crippen LogP contribution >= 0.6 is 0 Å². The second kappa shape index (κ2) is 10.9. The van der Waals surface area contributed by atoms with Gasteiger partial charge in [0, 0.05) is 11.0 Å². The highest BCUT2D eigenvalue weighted by Gasteiger charge is 2.28. The molecule has 4 aromatic carbocycles. The number of fused-ring (bicyclic) bond motifs is 1. The van der Waals surface area contributed by atoms with Crippen LogP contribution in [0.4, 0.5) is 0 Å². The number of phenols is 1. The summed E-state index contributed by atoms with van der Waals surface area (Å²) in [5.74, 6) is 0.510. The summed E-state index contributed by atoms with van der Waals surface area (Å²) in [7, 11) is 1.94. The third kappa shape index (κ3) is 5.24. The highest BCUT2D eigenvalue weighted by atomic mass is 16.5. The largest absolute Gasteiger partial charge is 0.508 e. The molecule has 0 aliphatic rings. The van der Waals surface area contributed by atoms with Crippen LogP contribution in [0.2, 0.25) is 5.82 Å². The predicted molar refractivity (Wildman–Crippen MR) is 157 cm³/mol. The fraction of sp³-hybridized carbons (Fsp3) is 0.273. The van der Waals surface area contributed by atoms with Crippen LogP contribution < -0.4 is 4.74 Å². The third-order valence-electron chi connectivity index (χ3n) is 7.98. The van der Waals surface area contributed by atoms with E-state index in [1.54, 1.807) is 18.2 Å². The molecule has 0 heterocycles. The van der Waals surface area contributed by atoms with E-state index in [9.17, 15) is 14.7 Å². The zero-order chi connectivity index (χ0) is 27.6. The number of esters is 1. The van der Waals surface area contributed by atoms with Gasteiger partial charge in [0.15, 0.2) is 5.78 Å². The van der Waals surface area contributed by atoms with Gasteiger partial charge in [0.1, 0.15) is 19.3 Å². The van der Waals surface area contributed by atoms with Gasteiger partial charge in [0.05, 0.1) is 5.56 Å². The lowest BCUT2D eigenvalue weighted by Crippen LogP contribution is -2.23. The number of Topliss-reactive ketones (excluding diaryl/α,β-unsaturated/α-hetero) is 1. The molecule has 0 saturated carbocycles. The van der Waals surface area contributed by atoms with Gasteiger partial charge in [-0.05, 0) is 89.4 Å². The Balaban J connectivity index is 1.56. The van der Waals surface area contributed by atoms with E-state index in [4.69, 9.17) is 4.74 Å². The summed E-state index contributed by atoms with van der Waals surface area (Å²) in [6.07, 6.45) is 1.67. The van der Waals surface area contributed by atoms with Crippen LogP contribution in [-0.4, -0.2) is 24.7 Å². The van der Waals surface area contributed by atoms with Crippen molar-refractivity contribution in [3.63, 3.8) is 0 Å². The highest BCUT2D eigenvalue weighted by molar-refractivity contribution is 6.28. The Kier molecular flexibility index (Phi) is 7.77. The number of hydrogen-bond donors (Lipinski definition) is 1. The summed E-state index contributed by atoms with van der Waals surface area (Å²) in [6.45, 7) is 10.2. The van der Waals surface area contributed by atoms with Crippen LogP contribution in [0.1, 0.15) is 76.6 Å². The Hall–Kier alpha value is -3.86. The number of aromatic hydroxyl groups is 1. The lowest BCUT2D eigenvalue weighted by Gasteiger charge is -2.31. The molecule has 0 spiro atoms. The van der Waals surface area contributed by atoms with Gasteiger partial charge in [-0.1, -0.05) is 69.7 Å². The Morgan fingerprint density at radius 3 is 2.00 bits per heavy atom. The number of ether oxygens (including phenoxy) is 1. The number of aryl methyl sites for hydroxylation is 2. The van der Waals surface area contributed by atoms with Gasteiger partial charge < -0.3 is 9.84 Å². The van der Waals surface area contributed by atoms with Crippen molar-refractivity contribution in [3.05, 3.63) is 106 Å². The fourth-order valence-corrected chi connectivity index (χ4v) is 4.84. The van der Waals surface area contributed by atoms with Crippen molar-refractivity contribution in [3.8, 4) is 11.5 Å². The van der Waals surface area contributed by atoms with E-state index in [1.165, 1.54) is 0 Å². The van der Waals surface area contributed by atoms with Crippen molar-refractivity contribution >= 4 is 30.4 Å². The molecule has 0 aliphatic heterocycles. The smallest absolute Gasteiger partial charge is 0.343 e. The van der Waals surface area contributed by atoms with Gasteiger partial charge in [-0.15, -0.1) is 0 Å². The first kappa shape index (κ1) is 27.2. The Morgan fingerprint density at radius 2 is 1.42 bits per heavy atom. The molecule has 0 bridgehead atoms. The molecule has 5 heteroatoms. The SMILES string of the molecule is BC(CC)C(=O)c1ccc2cc(C(=O)Oc3ccc(C(C)(CC)c4ccc(O)c(C)c4)cc3C)ccc2c1. The molecule has 0 fully saturated rings. The Labute approximate surface area is 226 Å². The van der Waals surface area contributed by atoms with Crippen molar-refractivity contribution in [2.24, 2.45) is 0 Å². The van der Waals surface area contributed by atoms with Gasteiger partial charge in [-0.25, -0.2) is 4.79 Å².